The first-order chi connectivity index (χ1) is 13.3. The van der Waals surface area contributed by atoms with Crippen molar-refractivity contribution >= 4 is 50.9 Å². The van der Waals surface area contributed by atoms with E-state index in [4.69, 9.17) is 0 Å². The van der Waals surface area contributed by atoms with E-state index in [1.165, 1.54) is 30.0 Å². The minimum Gasteiger partial charge on any atom is -0.302 e. The van der Waals surface area contributed by atoms with E-state index in [1.54, 1.807) is 0 Å². The third-order valence-corrected chi connectivity index (χ3v) is 6.07. The maximum Gasteiger partial charge on any atom is 0.331 e. The number of nitrogens with zero attached hydrogens (tertiary/aromatic N) is 3. The van der Waals surface area contributed by atoms with Crippen LogP contribution < -0.4 is 16.6 Å². The number of rotatable bonds is 5. The second-order valence-electron chi connectivity index (χ2n) is 6.10. The van der Waals surface area contributed by atoms with Crippen molar-refractivity contribution in [2.75, 3.05) is 5.32 Å². The van der Waals surface area contributed by atoms with Crippen LogP contribution >= 0.6 is 39.9 Å². The smallest absolute Gasteiger partial charge is 0.302 e. The highest BCUT2D eigenvalue weighted by atomic mass is 79.9. The summed E-state index contributed by atoms with van der Waals surface area (Å²) in [4.78, 5) is 40.8. The van der Waals surface area contributed by atoms with E-state index < -0.39 is 11.2 Å². The van der Waals surface area contributed by atoms with Gasteiger partial charge in [-0.25, -0.2) is 9.78 Å². The molecule has 0 aliphatic rings. The van der Waals surface area contributed by atoms with Gasteiger partial charge in [-0.1, -0.05) is 28.1 Å². The van der Waals surface area contributed by atoms with Gasteiger partial charge in [-0.05, 0) is 18.6 Å². The summed E-state index contributed by atoms with van der Waals surface area (Å²) in [6.45, 7) is 0. The van der Waals surface area contributed by atoms with E-state index in [0.717, 1.165) is 20.3 Å². The predicted molar refractivity (Wildman–Crippen MR) is 116 cm³/mol. The molecule has 2 heterocycles. The summed E-state index contributed by atoms with van der Waals surface area (Å²) in [6.07, 6.45) is 0.255. The number of aromatic nitrogens is 3. The zero-order valence-corrected chi connectivity index (χ0v) is 18.4. The van der Waals surface area contributed by atoms with Crippen molar-refractivity contribution in [3.63, 3.8) is 0 Å². The summed E-state index contributed by atoms with van der Waals surface area (Å²) in [5, 5.41) is 5.38. The van der Waals surface area contributed by atoms with Crippen LogP contribution in [0.2, 0.25) is 0 Å². The Morgan fingerprint density at radius 2 is 1.89 bits per heavy atom. The molecule has 7 nitrogen and oxygen atoms in total. The summed E-state index contributed by atoms with van der Waals surface area (Å²) in [5.74, 6) is -0.264. The number of thiol groups is 1. The van der Waals surface area contributed by atoms with Gasteiger partial charge in [0.15, 0.2) is 5.13 Å². The fourth-order valence-electron chi connectivity index (χ4n) is 2.63. The van der Waals surface area contributed by atoms with Gasteiger partial charge >= 0.3 is 5.69 Å². The van der Waals surface area contributed by atoms with Gasteiger partial charge in [-0.2, -0.15) is 0 Å². The quantitative estimate of drug-likeness (QED) is 0.434. The Morgan fingerprint density at radius 3 is 2.57 bits per heavy atom. The van der Waals surface area contributed by atoms with Crippen LogP contribution in [0.3, 0.4) is 0 Å². The standard InChI is InChI=1S/C18H17BrN4O3S2/c1-22-15(25)12(16(27)23(2)18(22)26)7-8-14(24)21-17-20-13(9-28-17)10-3-5-11(19)6-4-10/h3-6,9,27H,7-8H2,1-2H3,(H,20,21,24). The summed E-state index contributed by atoms with van der Waals surface area (Å²) >= 11 is 8.98. The van der Waals surface area contributed by atoms with Crippen molar-refractivity contribution in [3.8, 4) is 11.3 Å². The molecule has 10 heteroatoms. The highest BCUT2D eigenvalue weighted by Gasteiger charge is 2.15. The average Bonchev–Trinajstić information content (AvgIpc) is 3.13. The molecule has 1 amide bonds. The number of hydrogen-bond donors (Lipinski definition) is 2. The Kier molecular flexibility index (Phi) is 6.21. The third-order valence-electron chi connectivity index (χ3n) is 4.22. The lowest BCUT2D eigenvalue weighted by atomic mass is 10.2. The number of carbonyl (C=O) groups excluding carboxylic acids is 1. The Morgan fingerprint density at radius 1 is 1.21 bits per heavy atom. The zero-order chi connectivity index (χ0) is 20.4. The van der Waals surface area contributed by atoms with Gasteiger partial charge in [0.1, 0.15) is 0 Å². The lowest BCUT2D eigenvalue weighted by Crippen LogP contribution is -2.39. The van der Waals surface area contributed by atoms with Crippen LogP contribution in [-0.4, -0.2) is 20.0 Å². The van der Waals surface area contributed by atoms with E-state index in [0.29, 0.717) is 10.7 Å². The number of thiazole rings is 1. The van der Waals surface area contributed by atoms with Crippen molar-refractivity contribution in [1.82, 2.24) is 14.1 Å². The number of benzene rings is 1. The molecule has 0 saturated carbocycles. The molecule has 0 aliphatic carbocycles. The number of hydrogen-bond acceptors (Lipinski definition) is 6. The van der Waals surface area contributed by atoms with Crippen molar-refractivity contribution in [2.24, 2.45) is 14.1 Å². The molecule has 1 aromatic carbocycles. The van der Waals surface area contributed by atoms with Gasteiger partial charge in [-0.3, -0.25) is 18.7 Å². The molecule has 0 atom stereocenters. The van der Waals surface area contributed by atoms with E-state index >= 15 is 0 Å². The second-order valence-corrected chi connectivity index (χ2v) is 8.30. The lowest BCUT2D eigenvalue weighted by Gasteiger charge is -2.10. The monoisotopic (exact) mass is 480 g/mol. The number of nitrogens with one attached hydrogen (secondary N) is 1. The van der Waals surface area contributed by atoms with Crippen LogP contribution in [0, 0.1) is 0 Å². The minimum absolute atomic E-state index is 0.0776. The SMILES string of the molecule is Cn1c(S)c(CCC(=O)Nc2nc(-c3ccc(Br)cc3)cs2)c(=O)n(C)c1=O. The van der Waals surface area contributed by atoms with E-state index in [-0.39, 0.29) is 23.8 Å². The largest absolute Gasteiger partial charge is 0.331 e. The number of carbonyl (C=O) groups is 1. The van der Waals surface area contributed by atoms with Crippen molar-refractivity contribution in [2.45, 2.75) is 17.9 Å². The number of halogens is 1. The molecule has 3 aromatic rings. The minimum atomic E-state index is -0.452. The summed E-state index contributed by atoms with van der Waals surface area (Å²) < 4.78 is 3.27. The molecule has 0 fully saturated rings. The molecular weight excluding hydrogens is 464 g/mol. The molecule has 28 heavy (non-hydrogen) atoms. The highest BCUT2D eigenvalue weighted by Crippen LogP contribution is 2.26. The molecular formula is C18H17BrN4O3S2. The van der Waals surface area contributed by atoms with Crippen LogP contribution in [0.1, 0.15) is 12.0 Å². The molecule has 0 unspecified atom stereocenters. The van der Waals surface area contributed by atoms with Gasteiger partial charge in [0, 0.05) is 41.5 Å². The Labute approximate surface area is 178 Å². The Balaban J connectivity index is 1.68. The van der Waals surface area contributed by atoms with E-state index in [1.807, 2.05) is 29.6 Å². The normalized spacial score (nSPS) is 10.9. The average molecular weight is 481 g/mol. The Bertz CT molecular complexity index is 1150. The third kappa shape index (κ3) is 4.29. The summed E-state index contributed by atoms with van der Waals surface area (Å²) in [5.41, 5.74) is 1.17. The van der Waals surface area contributed by atoms with Gasteiger partial charge in [0.25, 0.3) is 5.56 Å². The van der Waals surface area contributed by atoms with Gasteiger partial charge < -0.3 is 5.32 Å². The second kappa shape index (κ2) is 8.46. The van der Waals surface area contributed by atoms with Crippen molar-refractivity contribution < 1.29 is 4.79 Å². The van der Waals surface area contributed by atoms with E-state index in [2.05, 4.69) is 38.9 Å². The number of anilines is 1. The molecule has 0 aliphatic heterocycles. The highest BCUT2D eigenvalue weighted by molar-refractivity contribution is 9.10. The van der Waals surface area contributed by atoms with Crippen LogP contribution in [0.25, 0.3) is 11.3 Å². The summed E-state index contributed by atoms with van der Waals surface area (Å²) in [7, 11) is 2.94. The molecule has 1 N–H and O–H groups in total. The molecule has 0 saturated heterocycles. The van der Waals surface area contributed by atoms with Crippen LogP contribution in [0.5, 0.6) is 0 Å². The fraction of sp³-hybridized carbons (Fsp3) is 0.222. The maximum atomic E-state index is 12.3. The molecule has 146 valence electrons. The van der Waals surface area contributed by atoms with Crippen molar-refractivity contribution in [3.05, 3.63) is 60.5 Å². The molecule has 0 radical (unpaired) electrons. The summed E-state index contributed by atoms with van der Waals surface area (Å²) in [6, 6.07) is 7.73. The topological polar surface area (TPSA) is 86.0 Å². The van der Waals surface area contributed by atoms with Crippen molar-refractivity contribution in [1.29, 1.82) is 0 Å². The molecule has 3 rings (SSSR count). The fourth-order valence-corrected chi connectivity index (χ4v) is 3.92. The van der Waals surface area contributed by atoms with E-state index in [9.17, 15) is 14.4 Å². The van der Waals surface area contributed by atoms with Crippen LogP contribution in [-0.2, 0) is 25.3 Å². The first-order valence-electron chi connectivity index (χ1n) is 8.27. The lowest BCUT2D eigenvalue weighted by molar-refractivity contribution is -0.116. The number of amides is 1. The van der Waals surface area contributed by atoms with Crippen LogP contribution in [0.4, 0.5) is 5.13 Å². The first kappa shape index (κ1) is 20.6. The maximum absolute atomic E-state index is 12.3. The molecule has 2 aromatic heterocycles. The Hall–Kier alpha value is -2.17. The van der Waals surface area contributed by atoms with Crippen LogP contribution in [0.15, 0.2) is 48.7 Å². The first-order valence-corrected chi connectivity index (χ1v) is 10.4. The zero-order valence-electron chi connectivity index (χ0n) is 15.1. The van der Waals surface area contributed by atoms with Gasteiger partial charge in [0.2, 0.25) is 5.91 Å². The van der Waals surface area contributed by atoms with Gasteiger partial charge in [-0.15, -0.1) is 24.0 Å². The molecule has 0 bridgehead atoms. The molecule has 0 spiro atoms. The van der Waals surface area contributed by atoms with Gasteiger partial charge in [0.05, 0.1) is 10.7 Å². The predicted octanol–water partition coefficient (Wildman–Crippen LogP) is 2.83.